The number of carbonyl (C=O) groups excluding carboxylic acids is 1. The Labute approximate surface area is 154 Å². The van der Waals surface area contributed by atoms with Crippen LogP contribution in [-0.2, 0) is 10.0 Å². The number of halogens is 2. The summed E-state index contributed by atoms with van der Waals surface area (Å²) in [6.07, 6.45) is 0. The van der Waals surface area contributed by atoms with E-state index in [1.54, 1.807) is 16.2 Å². The van der Waals surface area contributed by atoms with E-state index in [1.807, 2.05) is 19.9 Å². The topological polar surface area (TPSA) is 57.7 Å². The predicted octanol–water partition coefficient (Wildman–Crippen LogP) is 2.79. The molecule has 1 aromatic heterocycles. The van der Waals surface area contributed by atoms with Crippen molar-refractivity contribution in [2.45, 2.75) is 18.7 Å². The number of aryl methyl sites for hydroxylation is 2. The lowest BCUT2D eigenvalue weighted by Crippen LogP contribution is -2.50. The first kappa shape index (κ1) is 18.9. The minimum absolute atomic E-state index is 0.106. The van der Waals surface area contributed by atoms with Crippen LogP contribution >= 0.6 is 11.3 Å². The van der Waals surface area contributed by atoms with Crippen LogP contribution in [0.3, 0.4) is 0 Å². The quantitative estimate of drug-likeness (QED) is 0.796. The van der Waals surface area contributed by atoms with E-state index < -0.39 is 21.7 Å². The van der Waals surface area contributed by atoms with Gasteiger partial charge in [0.2, 0.25) is 10.0 Å². The number of benzene rings is 1. The van der Waals surface area contributed by atoms with Gasteiger partial charge in [-0.15, -0.1) is 11.3 Å². The van der Waals surface area contributed by atoms with E-state index >= 15 is 0 Å². The van der Waals surface area contributed by atoms with Gasteiger partial charge < -0.3 is 4.90 Å². The molecule has 0 atom stereocenters. The molecule has 1 aromatic carbocycles. The zero-order valence-electron chi connectivity index (χ0n) is 14.3. The summed E-state index contributed by atoms with van der Waals surface area (Å²) in [5.74, 6) is -2.42. The van der Waals surface area contributed by atoms with Gasteiger partial charge in [0.15, 0.2) is 11.6 Å². The first-order valence-corrected chi connectivity index (χ1v) is 10.3. The Balaban J connectivity index is 1.72. The molecule has 0 bridgehead atoms. The lowest BCUT2D eigenvalue weighted by Gasteiger charge is -2.34. The summed E-state index contributed by atoms with van der Waals surface area (Å²) in [4.78, 5) is 15.9. The standard InChI is InChI=1S/C17H18F2N2O3S2/c1-11-9-14(12(2)25-11)17(22)20-5-7-21(8-6-20)26(23,24)13-3-4-15(18)16(19)10-13/h3-4,9-10H,5-8H2,1-2H3. The number of nitrogens with zero attached hydrogens (tertiary/aromatic N) is 2. The Morgan fingerprint density at radius 1 is 1.04 bits per heavy atom. The van der Waals surface area contributed by atoms with Crippen LogP contribution in [0.25, 0.3) is 0 Å². The third kappa shape index (κ3) is 3.51. The van der Waals surface area contributed by atoms with Crippen molar-refractivity contribution in [2.24, 2.45) is 0 Å². The Bertz CT molecular complexity index is 949. The maximum atomic E-state index is 13.4. The number of piperazine rings is 1. The average molecular weight is 400 g/mol. The summed E-state index contributed by atoms with van der Waals surface area (Å²) in [6.45, 7) is 4.52. The van der Waals surface area contributed by atoms with Gasteiger partial charge in [-0.2, -0.15) is 4.31 Å². The van der Waals surface area contributed by atoms with Gasteiger partial charge in [-0.1, -0.05) is 0 Å². The number of rotatable bonds is 3. The van der Waals surface area contributed by atoms with Crippen molar-refractivity contribution in [3.8, 4) is 0 Å². The minimum Gasteiger partial charge on any atom is -0.336 e. The van der Waals surface area contributed by atoms with E-state index in [-0.39, 0.29) is 37.0 Å². The van der Waals surface area contributed by atoms with Crippen LogP contribution in [0.2, 0.25) is 0 Å². The first-order valence-electron chi connectivity index (χ1n) is 8.01. The van der Waals surface area contributed by atoms with Crippen LogP contribution in [-0.4, -0.2) is 49.7 Å². The highest BCUT2D eigenvalue weighted by molar-refractivity contribution is 7.89. The van der Waals surface area contributed by atoms with Gasteiger partial charge in [-0.3, -0.25) is 4.79 Å². The number of hydrogen-bond acceptors (Lipinski definition) is 4. The fourth-order valence-electron chi connectivity index (χ4n) is 2.93. The van der Waals surface area contributed by atoms with Crippen LogP contribution in [0, 0.1) is 25.5 Å². The lowest BCUT2D eigenvalue weighted by molar-refractivity contribution is 0.0697. The van der Waals surface area contributed by atoms with Crippen LogP contribution in [0.4, 0.5) is 8.78 Å². The number of hydrogen-bond donors (Lipinski definition) is 0. The van der Waals surface area contributed by atoms with Gasteiger partial charge in [-0.05, 0) is 38.1 Å². The molecule has 0 N–H and O–H groups in total. The largest absolute Gasteiger partial charge is 0.336 e. The van der Waals surface area contributed by atoms with Gasteiger partial charge in [0.25, 0.3) is 5.91 Å². The van der Waals surface area contributed by atoms with Gasteiger partial charge in [0, 0.05) is 35.9 Å². The highest BCUT2D eigenvalue weighted by Gasteiger charge is 2.31. The van der Waals surface area contributed by atoms with Crippen molar-refractivity contribution in [1.82, 2.24) is 9.21 Å². The van der Waals surface area contributed by atoms with Crippen molar-refractivity contribution < 1.29 is 22.0 Å². The summed E-state index contributed by atoms with van der Waals surface area (Å²) in [5, 5.41) is 0. The molecule has 140 valence electrons. The van der Waals surface area contributed by atoms with Crippen molar-refractivity contribution in [1.29, 1.82) is 0 Å². The highest BCUT2D eigenvalue weighted by atomic mass is 32.2. The normalized spacial score (nSPS) is 16.1. The Morgan fingerprint density at radius 3 is 2.23 bits per heavy atom. The molecule has 0 radical (unpaired) electrons. The molecule has 1 saturated heterocycles. The molecule has 0 saturated carbocycles. The lowest BCUT2D eigenvalue weighted by atomic mass is 10.2. The predicted molar refractivity (Wildman–Crippen MR) is 94.8 cm³/mol. The van der Waals surface area contributed by atoms with Crippen molar-refractivity contribution >= 4 is 27.3 Å². The van der Waals surface area contributed by atoms with Gasteiger partial charge in [0.1, 0.15) is 0 Å². The highest BCUT2D eigenvalue weighted by Crippen LogP contribution is 2.24. The maximum absolute atomic E-state index is 13.4. The van der Waals surface area contributed by atoms with E-state index in [0.29, 0.717) is 11.6 Å². The maximum Gasteiger partial charge on any atom is 0.255 e. The number of sulfonamides is 1. The molecule has 0 spiro atoms. The van der Waals surface area contributed by atoms with Crippen LogP contribution in [0.5, 0.6) is 0 Å². The van der Waals surface area contributed by atoms with Gasteiger partial charge in [-0.25, -0.2) is 17.2 Å². The molecule has 3 rings (SSSR count). The molecular formula is C17H18F2N2O3S2. The molecule has 0 aliphatic carbocycles. The Kier molecular flexibility index (Phi) is 5.14. The first-order chi connectivity index (χ1) is 12.2. The second-order valence-corrected chi connectivity index (χ2v) is 9.50. The molecule has 0 unspecified atom stereocenters. The monoisotopic (exact) mass is 400 g/mol. The van der Waals surface area contributed by atoms with Crippen molar-refractivity contribution in [3.63, 3.8) is 0 Å². The van der Waals surface area contributed by atoms with Gasteiger partial charge >= 0.3 is 0 Å². The molecule has 1 amide bonds. The van der Waals surface area contributed by atoms with Crippen molar-refractivity contribution in [2.75, 3.05) is 26.2 Å². The molecule has 5 nitrogen and oxygen atoms in total. The van der Waals surface area contributed by atoms with Gasteiger partial charge in [0.05, 0.1) is 10.5 Å². The third-order valence-corrected chi connectivity index (χ3v) is 7.19. The fraction of sp³-hybridized carbons (Fsp3) is 0.353. The molecule has 1 aliphatic heterocycles. The summed E-state index contributed by atoms with van der Waals surface area (Å²) >= 11 is 1.55. The fourth-order valence-corrected chi connectivity index (χ4v) is 5.28. The summed E-state index contributed by atoms with van der Waals surface area (Å²) in [6, 6.07) is 4.36. The molecule has 26 heavy (non-hydrogen) atoms. The van der Waals surface area contributed by atoms with Crippen LogP contribution < -0.4 is 0 Å². The molecule has 2 aromatic rings. The number of carbonyl (C=O) groups is 1. The smallest absolute Gasteiger partial charge is 0.255 e. The Hall–Kier alpha value is -1.84. The third-order valence-electron chi connectivity index (χ3n) is 4.33. The molecule has 2 heterocycles. The van der Waals surface area contributed by atoms with Crippen molar-refractivity contribution in [3.05, 3.63) is 51.2 Å². The number of thiophene rings is 1. The molecule has 9 heteroatoms. The van der Waals surface area contributed by atoms with E-state index in [2.05, 4.69) is 0 Å². The molecular weight excluding hydrogens is 382 g/mol. The van der Waals surface area contributed by atoms with E-state index in [1.165, 1.54) is 4.31 Å². The SMILES string of the molecule is Cc1cc(C(=O)N2CCN(S(=O)(=O)c3ccc(F)c(F)c3)CC2)c(C)s1. The van der Waals surface area contributed by atoms with Crippen LogP contribution in [0.15, 0.2) is 29.2 Å². The minimum atomic E-state index is -3.93. The zero-order chi connectivity index (χ0) is 19.1. The molecule has 1 fully saturated rings. The van der Waals surface area contributed by atoms with Crippen LogP contribution in [0.1, 0.15) is 20.1 Å². The Morgan fingerprint density at radius 2 is 1.69 bits per heavy atom. The summed E-state index contributed by atoms with van der Waals surface area (Å²) in [5.41, 5.74) is 0.643. The summed E-state index contributed by atoms with van der Waals surface area (Å²) < 4.78 is 52.8. The van der Waals surface area contributed by atoms with E-state index in [0.717, 1.165) is 21.9 Å². The zero-order valence-corrected chi connectivity index (χ0v) is 16.0. The second-order valence-electron chi connectivity index (χ2n) is 6.10. The number of amides is 1. The molecule has 1 aliphatic rings. The summed E-state index contributed by atoms with van der Waals surface area (Å²) in [7, 11) is -3.93. The van der Waals surface area contributed by atoms with E-state index in [9.17, 15) is 22.0 Å². The average Bonchev–Trinajstić information content (AvgIpc) is 2.95. The second kappa shape index (κ2) is 7.05. The van der Waals surface area contributed by atoms with E-state index in [4.69, 9.17) is 0 Å².